The van der Waals surface area contributed by atoms with Gasteiger partial charge in [-0.25, -0.2) is 19.4 Å². The Morgan fingerprint density at radius 1 is 0.556 bits per heavy atom. The number of benzene rings is 2. The fourth-order valence-electron chi connectivity index (χ4n) is 19.3. The van der Waals surface area contributed by atoms with Gasteiger partial charge in [-0.2, -0.15) is 0 Å². The van der Waals surface area contributed by atoms with Crippen LogP contribution in [0.5, 0.6) is 11.5 Å². The van der Waals surface area contributed by atoms with Gasteiger partial charge in [-0.05, 0) is 166 Å². The molecule has 764 valence electrons. The summed E-state index contributed by atoms with van der Waals surface area (Å²) in [6.45, 7) is 9.50. The fourth-order valence-corrected chi connectivity index (χ4v) is 19.3. The van der Waals surface area contributed by atoms with E-state index in [0.717, 1.165) is 71.6 Å². The number of esters is 2. The van der Waals surface area contributed by atoms with E-state index in [2.05, 4.69) is 58.2 Å². The zero-order chi connectivity index (χ0) is 103. The number of hydrogen-bond donors (Lipinski definition) is 8. The van der Waals surface area contributed by atoms with Gasteiger partial charge in [0.15, 0.2) is 5.78 Å². The molecule has 0 bridgehead atoms. The number of aromatic hydroxyl groups is 2. The molecule has 2 saturated carbocycles. The summed E-state index contributed by atoms with van der Waals surface area (Å²) in [7, 11) is 0. The Morgan fingerprint density at radius 2 is 1.04 bits per heavy atom. The molecule has 10 heterocycles. The van der Waals surface area contributed by atoms with Crippen LogP contribution in [0, 0.1) is 36.0 Å². The minimum atomic E-state index is -1.98. The minimum Gasteiger partial charge on any atom is -0.508 e. The van der Waals surface area contributed by atoms with E-state index in [4.69, 9.17) is 59.8 Å². The summed E-state index contributed by atoms with van der Waals surface area (Å²) in [5.41, 5.74) is 13.5. The van der Waals surface area contributed by atoms with E-state index >= 15 is 0 Å². The second kappa shape index (κ2) is 50.4. The van der Waals surface area contributed by atoms with E-state index in [0.29, 0.717) is 135 Å². The quantitative estimate of drug-likeness (QED) is 0.00513. The Balaban J connectivity index is 0.000000209. The summed E-state index contributed by atoms with van der Waals surface area (Å²) >= 11 is 0. The number of azide groups is 1. The van der Waals surface area contributed by atoms with Gasteiger partial charge in [0.05, 0.1) is 143 Å². The number of nitrogens with zero attached hydrogens (tertiary/aromatic N) is 12. The van der Waals surface area contributed by atoms with Gasteiger partial charge >= 0.3 is 11.9 Å². The van der Waals surface area contributed by atoms with Crippen molar-refractivity contribution in [2.45, 2.75) is 168 Å². The number of rotatable bonds is 46. The van der Waals surface area contributed by atoms with E-state index < -0.39 is 78.5 Å². The van der Waals surface area contributed by atoms with E-state index in [1.54, 1.807) is 63.3 Å². The van der Waals surface area contributed by atoms with Gasteiger partial charge in [-0.15, -0.1) is 11.5 Å². The number of nitrogens with one attached hydrogen (secondary N) is 6. The van der Waals surface area contributed by atoms with Crippen molar-refractivity contribution in [1.29, 1.82) is 0 Å². The van der Waals surface area contributed by atoms with Crippen LogP contribution >= 0.6 is 0 Å². The molecular weight excluding hydrogens is 1870 g/mol. The zero-order valence-electron chi connectivity index (χ0n) is 80.7. The molecule has 2 atom stereocenters. The number of aryl methyl sites for hydroxylation is 2. The van der Waals surface area contributed by atoms with Gasteiger partial charge in [0.25, 0.3) is 34.7 Å². The third kappa shape index (κ3) is 26.1. The predicted molar refractivity (Wildman–Crippen MR) is 513 cm³/mol. The maximum atomic E-state index is 14.0. The van der Waals surface area contributed by atoms with E-state index in [1.807, 2.05) is 26.8 Å². The van der Waals surface area contributed by atoms with Crippen molar-refractivity contribution in [3.8, 4) is 46.6 Å². The number of phenols is 2. The van der Waals surface area contributed by atoms with Gasteiger partial charge in [-0.1, -0.05) is 43.9 Å². The number of hydrogen-bond acceptors (Lipinski definition) is 31. The molecule has 3 aliphatic carbocycles. The lowest BCUT2D eigenvalue weighted by atomic mass is 9.65. The zero-order valence-corrected chi connectivity index (χ0v) is 80.7. The third-order valence-electron chi connectivity index (χ3n) is 26.8. The number of phenolic OH excluding ortho intramolecular Hbond substituents is 2. The minimum absolute atomic E-state index is 0.00251. The molecule has 15 rings (SSSR count). The normalized spacial score (nSPS) is 18.7. The van der Waals surface area contributed by atoms with Crippen LogP contribution in [-0.4, -0.2) is 268 Å². The van der Waals surface area contributed by atoms with Gasteiger partial charge in [-0.3, -0.25) is 81.7 Å². The van der Waals surface area contributed by atoms with Crippen LogP contribution in [0.25, 0.3) is 55.0 Å². The molecule has 5 aromatic heterocycles. The standard InChI is InChI=1S/C49H57N9O14.C36H43N7O9.C15H18N2O3/c1-3-33-34-19-32(59)9-10-38(34)53-45-35(33)25-57-39(45)20-37-36(47(57)66)26-71-48(67)49(37,4-2)72-44(64)22-51-41(61)28-70-27-40(60)50-13-15-68-17-18-69-16-14-56-24-31(54-55-56)21-52-46(65)30-7-5-29(6-8-30)23-58-42(62)11-12-43(58)63;1-3-24-26-15-22(44)5-7-29(26)41-34-27(24)19-43-30(34)16-28-25(35(43)49)6-8-31(46)36(28,4-2)17-23(45)18-39-33(48)21-52-20-32(47)38-9-11-50-13-14-51-12-10-40-42-37;1-2-9-16-15(20)12-5-3-11(4-6-12)10-17-13(18)7-8-14(17)19/h9-12,19-20,24,29-30,59H,3-8,13-18,21-23,25-28H2,1-2H3,(H,50,60)(H,51,61)(H,52,65);5,7,15-16,44H,3-4,6,8-14,17-21H2,1-2H3,(H,38,47)(H,39,48);1,7-8,11-12H,3-6,9-10H2,(H,16,20)/t29?,30?,49-;36-;/m00./s1. The van der Waals surface area contributed by atoms with Gasteiger partial charge in [0, 0.05) is 120 Å². The molecular formula is C100H118N18O26. The molecule has 44 heteroatoms. The van der Waals surface area contributed by atoms with Crippen LogP contribution in [0.1, 0.15) is 155 Å². The van der Waals surface area contributed by atoms with Crippen LogP contribution in [0.2, 0.25) is 0 Å². The summed E-state index contributed by atoms with van der Waals surface area (Å²) in [5, 5.41) is 49.1. The van der Waals surface area contributed by atoms with E-state index in [9.17, 15) is 86.9 Å². The number of carbonyl (C=O) groups is 14. The molecule has 2 aromatic carbocycles. The number of fused-ring (bicyclic) bond motifs is 10. The number of ether oxygens (including phenoxy) is 8. The van der Waals surface area contributed by atoms with Crippen LogP contribution in [-0.2, 0) is 168 Å². The van der Waals surface area contributed by atoms with Crippen molar-refractivity contribution in [2.24, 2.45) is 28.8 Å². The van der Waals surface area contributed by atoms with Crippen molar-refractivity contribution in [3.63, 3.8) is 0 Å². The predicted octanol–water partition coefficient (Wildman–Crippen LogP) is 3.70. The molecule has 0 saturated heterocycles. The number of terminal acetylenes is 1. The highest BCUT2D eigenvalue weighted by Gasteiger charge is 2.52. The monoisotopic (exact) mass is 1990 g/mol. The maximum Gasteiger partial charge on any atom is 0.355 e. The highest BCUT2D eigenvalue weighted by atomic mass is 16.6. The smallest absolute Gasteiger partial charge is 0.355 e. The number of aromatic nitrogens is 7. The summed E-state index contributed by atoms with van der Waals surface area (Å²) in [6.07, 6.45) is 19.9. The van der Waals surface area contributed by atoms with Crippen molar-refractivity contribution < 1.29 is 115 Å². The third-order valence-corrected chi connectivity index (χ3v) is 26.8. The Labute approximate surface area is 826 Å². The molecule has 0 unspecified atom stereocenters. The molecule has 8 aliphatic rings. The van der Waals surface area contributed by atoms with Crippen molar-refractivity contribution in [3.05, 3.63) is 160 Å². The van der Waals surface area contributed by atoms with E-state index in [-0.39, 0.29) is 211 Å². The first-order valence-electron chi connectivity index (χ1n) is 48.3. The first kappa shape index (κ1) is 107. The highest BCUT2D eigenvalue weighted by molar-refractivity contribution is 6.13. The second-order valence-electron chi connectivity index (χ2n) is 35.8. The number of pyridine rings is 4. The van der Waals surface area contributed by atoms with Gasteiger partial charge < -0.3 is 89.1 Å². The molecule has 7 aromatic rings. The lowest BCUT2D eigenvalue weighted by Gasteiger charge is -2.37. The number of amides is 10. The molecule has 0 spiro atoms. The van der Waals surface area contributed by atoms with E-state index in [1.165, 1.54) is 40.2 Å². The Morgan fingerprint density at radius 3 is 1.54 bits per heavy atom. The van der Waals surface area contributed by atoms with Crippen LogP contribution in [0.15, 0.2) is 93.7 Å². The topological polar surface area (TPSA) is 581 Å². The van der Waals surface area contributed by atoms with Crippen LogP contribution in [0.4, 0.5) is 0 Å². The summed E-state index contributed by atoms with van der Waals surface area (Å²) in [6, 6.07) is 13.4. The first-order chi connectivity index (χ1) is 69.5. The van der Waals surface area contributed by atoms with Crippen molar-refractivity contribution in [1.82, 2.24) is 75.8 Å². The Hall–Kier alpha value is -14.6. The second-order valence-corrected chi connectivity index (χ2v) is 35.8. The Kier molecular flexibility index (Phi) is 37.3. The average Bonchev–Trinajstić information content (AvgIpc) is 1.51. The summed E-state index contributed by atoms with van der Waals surface area (Å²) in [4.78, 5) is 217. The molecule has 0 radical (unpaired) electrons. The highest BCUT2D eigenvalue weighted by Crippen LogP contribution is 2.46. The molecule has 44 nitrogen and oxygen atoms in total. The molecule has 2 fully saturated rings. The van der Waals surface area contributed by atoms with Crippen LogP contribution < -0.4 is 43.0 Å². The molecule has 144 heavy (non-hydrogen) atoms. The summed E-state index contributed by atoms with van der Waals surface area (Å²) < 4.78 is 48.0. The first-order valence-corrected chi connectivity index (χ1v) is 48.3. The SMILES string of the molecule is C#CCNC(=O)C1CCC(CN2C(=O)C=CC2=O)CC1.CCc1c2c(nc3ccc(O)cc13)-c1cc3c(c(=O)n1C2)CCC(=O)[C@@]3(CC)CC(=O)CNC(=O)COCC(=O)NCCOCCOCCN=[N+]=[N-].CCc1c2c(nc3ccc(O)cc13)-c1cc3c(c(=O)n1C2)COC(=O)[C@@]3(CC)OC(=O)CNC(=O)COCC(=O)NCCOCCOCCn1cc(CNC(=O)C2CCC(CN3C(=O)C=CC3=O)CC2)nn1. The molecule has 8 N–H and O–H groups in total. The van der Waals surface area contributed by atoms with Crippen LogP contribution in [0.3, 0.4) is 0 Å². The van der Waals surface area contributed by atoms with Gasteiger partial charge in [0.1, 0.15) is 62.6 Å². The Bertz CT molecular complexity index is 6320. The number of Topliss-reactive ketones (excluding diaryl/α,β-unsaturated/α-hetero) is 2. The summed E-state index contributed by atoms with van der Waals surface area (Å²) in [5.74, 6) is -2.73. The average molecular weight is 1990 g/mol. The molecule has 10 amide bonds. The maximum absolute atomic E-state index is 14.0. The lowest BCUT2D eigenvalue weighted by molar-refractivity contribution is -0.189. The van der Waals surface area contributed by atoms with Crippen molar-refractivity contribution in [2.75, 3.05) is 132 Å². The number of cyclic esters (lactones) is 1. The number of imide groups is 2. The number of carbonyl (C=O) groups excluding carboxylic acids is 14. The van der Waals surface area contributed by atoms with Crippen molar-refractivity contribution >= 4 is 104 Å². The number of ketones is 2. The lowest BCUT2D eigenvalue weighted by Crippen LogP contribution is -2.49. The molecule has 5 aliphatic heterocycles. The van der Waals surface area contributed by atoms with Gasteiger partial charge in [0.2, 0.25) is 41.0 Å². The largest absolute Gasteiger partial charge is 0.508 e. The fraction of sp³-hybridized carbons (Fsp3) is 0.500.